The first-order chi connectivity index (χ1) is 12.0. The van der Waals surface area contributed by atoms with Crippen LogP contribution in [-0.4, -0.2) is 24.2 Å². The molecule has 130 valence electrons. The Labute approximate surface area is 147 Å². The molecule has 3 rings (SSSR count). The number of carboxylic acids is 1. The number of carbonyl (C=O) groups is 1. The summed E-state index contributed by atoms with van der Waals surface area (Å²) in [6.07, 6.45) is 5.30. The van der Waals surface area contributed by atoms with Gasteiger partial charge in [0.25, 0.3) is 0 Å². The van der Waals surface area contributed by atoms with Gasteiger partial charge in [0.15, 0.2) is 0 Å². The average Bonchev–Trinajstić information content (AvgIpc) is 2.63. The number of hydrogen-bond acceptors (Lipinski definition) is 2. The summed E-state index contributed by atoms with van der Waals surface area (Å²) in [7, 11) is 0. The van der Waals surface area contributed by atoms with Gasteiger partial charge in [-0.2, -0.15) is 0 Å². The van der Waals surface area contributed by atoms with Gasteiger partial charge in [-0.15, -0.1) is 0 Å². The average molecular weight is 339 g/mol. The van der Waals surface area contributed by atoms with Gasteiger partial charge in [0.05, 0.1) is 5.57 Å². The Balaban J connectivity index is 1.87. The van der Waals surface area contributed by atoms with Crippen LogP contribution in [-0.2, 0) is 4.79 Å². The zero-order valence-electron chi connectivity index (χ0n) is 14.3. The zero-order valence-corrected chi connectivity index (χ0v) is 14.3. The van der Waals surface area contributed by atoms with Gasteiger partial charge < -0.3 is 10.0 Å². The van der Waals surface area contributed by atoms with Gasteiger partial charge >= 0.3 is 5.97 Å². The largest absolute Gasteiger partial charge is 0.478 e. The van der Waals surface area contributed by atoms with Crippen molar-refractivity contribution in [3.05, 3.63) is 65.0 Å². The summed E-state index contributed by atoms with van der Waals surface area (Å²) in [6.45, 7) is 3.79. The van der Waals surface area contributed by atoms with Crippen LogP contribution in [0.4, 0.5) is 10.1 Å². The monoisotopic (exact) mass is 339 g/mol. The molecule has 1 fully saturated rings. The summed E-state index contributed by atoms with van der Waals surface area (Å²) >= 11 is 0. The number of carboxylic acid groups (broad SMARTS) is 1. The van der Waals surface area contributed by atoms with Crippen LogP contribution in [0.5, 0.6) is 0 Å². The molecule has 0 radical (unpaired) electrons. The summed E-state index contributed by atoms with van der Waals surface area (Å²) in [6, 6.07) is 12.4. The molecule has 0 unspecified atom stereocenters. The summed E-state index contributed by atoms with van der Waals surface area (Å²) in [4.78, 5) is 14.0. The molecule has 0 amide bonds. The Morgan fingerprint density at radius 1 is 1.08 bits per heavy atom. The SMILES string of the molecule is Cc1ccc(/C(=C/c2ccc(N3CCCCC3)cc2)C(=O)O)cc1F. The van der Waals surface area contributed by atoms with Crippen LogP contribution in [0.25, 0.3) is 11.6 Å². The van der Waals surface area contributed by atoms with Gasteiger partial charge in [-0.05, 0) is 67.2 Å². The van der Waals surface area contributed by atoms with E-state index in [4.69, 9.17) is 0 Å². The highest BCUT2D eigenvalue weighted by atomic mass is 19.1. The second kappa shape index (κ2) is 7.51. The van der Waals surface area contributed by atoms with E-state index in [1.165, 1.54) is 25.3 Å². The second-order valence-electron chi connectivity index (χ2n) is 6.47. The highest BCUT2D eigenvalue weighted by molar-refractivity contribution is 6.20. The van der Waals surface area contributed by atoms with Crippen molar-refractivity contribution in [2.45, 2.75) is 26.2 Å². The van der Waals surface area contributed by atoms with E-state index in [9.17, 15) is 14.3 Å². The number of piperidine rings is 1. The Hall–Kier alpha value is -2.62. The number of rotatable bonds is 4. The number of aliphatic carboxylic acids is 1. The minimum absolute atomic E-state index is 0.0876. The van der Waals surface area contributed by atoms with Gasteiger partial charge in [0, 0.05) is 18.8 Å². The van der Waals surface area contributed by atoms with E-state index < -0.39 is 11.8 Å². The third kappa shape index (κ3) is 4.08. The summed E-state index contributed by atoms with van der Waals surface area (Å²) in [5.74, 6) is -1.46. The molecule has 1 saturated heterocycles. The lowest BCUT2D eigenvalue weighted by Gasteiger charge is -2.28. The van der Waals surface area contributed by atoms with Crippen LogP contribution < -0.4 is 4.90 Å². The highest BCUT2D eigenvalue weighted by Gasteiger charge is 2.13. The minimum Gasteiger partial charge on any atom is -0.478 e. The molecule has 0 spiro atoms. The van der Waals surface area contributed by atoms with Gasteiger partial charge in [-0.3, -0.25) is 0 Å². The molecule has 0 saturated carbocycles. The smallest absolute Gasteiger partial charge is 0.336 e. The number of halogens is 1. The first-order valence-corrected chi connectivity index (χ1v) is 8.61. The van der Waals surface area contributed by atoms with Crippen LogP contribution in [0, 0.1) is 12.7 Å². The molecule has 0 aliphatic carbocycles. The molecule has 0 aromatic heterocycles. The van der Waals surface area contributed by atoms with E-state index in [2.05, 4.69) is 4.90 Å². The third-order valence-corrected chi connectivity index (χ3v) is 4.64. The van der Waals surface area contributed by atoms with Gasteiger partial charge in [0.2, 0.25) is 0 Å². The molecular weight excluding hydrogens is 317 g/mol. The van der Waals surface area contributed by atoms with E-state index >= 15 is 0 Å². The maximum Gasteiger partial charge on any atom is 0.336 e. The lowest BCUT2D eigenvalue weighted by Crippen LogP contribution is -2.29. The Bertz CT molecular complexity index is 790. The van der Waals surface area contributed by atoms with Crippen molar-refractivity contribution in [1.29, 1.82) is 0 Å². The molecule has 25 heavy (non-hydrogen) atoms. The first-order valence-electron chi connectivity index (χ1n) is 8.61. The summed E-state index contributed by atoms with van der Waals surface area (Å²) < 4.78 is 13.8. The van der Waals surface area contributed by atoms with E-state index in [-0.39, 0.29) is 5.57 Å². The Morgan fingerprint density at radius 2 is 1.76 bits per heavy atom. The highest BCUT2D eigenvalue weighted by Crippen LogP contribution is 2.24. The van der Waals surface area contributed by atoms with E-state index in [1.807, 2.05) is 24.3 Å². The van der Waals surface area contributed by atoms with Gasteiger partial charge in [0.1, 0.15) is 5.82 Å². The lowest BCUT2D eigenvalue weighted by molar-refractivity contribution is -0.130. The van der Waals surface area contributed by atoms with Crippen LogP contribution in [0.2, 0.25) is 0 Å². The van der Waals surface area contributed by atoms with Crippen molar-refractivity contribution < 1.29 is 14.3 Å². The second-order valence-corrected chi connectivity index (χ2v) is 6.47. The van der Waals surface area contributed by atoms with E-state index in [0.717, 1.165) is 24.3 Å². The molecule has 1 aliphatic heterocycles. The summed E-state index contributed by atoms with van der Waals surface area (Å²) in [5.41, 5.74) is 2.91. The molecule has 2 aromatic rings. The van der Waals surface area contributed by atoms with Crippen molar-refractivity contribution in [1.82, 2.24) is 0 Å². The van der Waals surface area contributed by atoms with Crippen LogP contribution in [0.1, 0.15) is 36.0 Å². The number of hydrogen-bond donors (Lipinski definition) is 1. The molecule has 0 bridgehead atoms. The molecule has 2 aromatic carbocycles. The molecule has 3 nitrogen and oxygen atoms in total. The fraction of sp³-hybridized carbons (Fsp3) is 0.286. The van der Waals surface area contributed by atoms with E-state index in [0.29, 0.717) is 11.1 Å². The topological polar surface area (TPSA) is 40.5 Å². The molecule has 1 heterocycles. The number of benzene rings is 2. The number of aryl methyl sites for hydroxylation is 1. The fourth-order valence-corrected chi connectivity index (χ4v) is 3.13. The summed E-state index contributed by atoms with van der Waals surface area (Å²) in [5, 5.41) is 9.51. The normalized spacial score (nSPS) is 15.3. The van der Waals surface area contributed by atoms with Crippen LogP contribution in [0.15, 0.2) is 42.5 Å². The van der Waals surface area contributed by atoms with Crippen molar-refractivity contribution in [3.63, 3.8) is 0 Å². The third-order valence-electron chi connectivity index (χ3n) is 4.64. The van der Waals surface area contributed by atoms with Crippen molar-refractivity contribution in [2.75, 3.05) is 18.0 Å². The first kappa shape index (κ1) is 17.2. The minimum atomic E-state index is -1.07. The van der Waals surface area contributed by atoms with Gasteiger partial charge in [-0.25, -0.2) is 9.18 Å². The predicted octanol–water partition coefficient (Wildman–Crippen LogP) is 4.75. The lowest BCUT2D eigenvalue weighted by atomic mass is 10.0. The number of nitrogens with zero attached hydrogens (tertiary/aromatic N) is 1. The number of anilines is 1. The Morgan fingerprint density at radius 3 is 2.36 bits per heavy atom. The Kier molecular flexibility index (Phi) is 5.17. The molecule has 1 aliphatic rings. The molecule has 4 heteroatoms. The maximum atomic E-state index is 13.8. The van der Waals surface area contributed by atoms with Crippen LogP contribution in [0.3, 0.4) is 0 Å². The quantitative estimate of drug-likeness (QED) is 0.645. The fourth-order valence-electron chi connectivity index (χ4n) is 3.13. The predicted molar refractivity (Wildman–Crippen MR) is 99.1 cm³/mol. The molecule has 1 N–H and O–H groups in total. The van der Waals surface area contributed by atoms with Crippen LogP contribution >= 0.6 is 0 Å². The maximum absolute atomic E-state index is 13.8. The standard InChI is InChI=1S/C21H22FNO2/c1-15-5-8-17(14-20(15)22)19(21(24)25)13-16-6-9-18(10-7-16)23-11-3-2-4-12-23/h5-10,13-14H,2-4,11-12H2,1H3,(H,24,25)/b19-13-. The van der Waals surface area contributed by atoms with Crippen molar-refractivity contribution >= 4 is 23.3 Å². The molecular formula is C21H22FNO2. The van der Waals surface area contributed by atoms with Crippen molar-refractivity contribution in [3.8, 4) is 0 Å². The van der Waals surface area contributed by atoms with E-state index in [1.54, 1.807) is 25.1 Å². The van der Waals surface area contributed by atoms with Crippen molar-refractivity contribution in [2.24, 2.45) is 0 Å². The molecule has 0 atom stereocenters. The van der Waals surface area contributed by atoms with Gasteiger partial charge in [-0.1, -0.05) is 24.3 Å². The zero-order chi connectivity index (χ0) is 17.8.